The minimum atomic E-state index is 0.00850. The van der Waals surface area contributed by atoms with E-state index in [0.29, 0.717) is 29.4 Å². The number of fused-ring (bicyclic) bond motifs is 1. The largest absolute Gasteiger partial charge is 0.467 e. The van der Waals surface area contributed by atoms with Crippen molar-refractivity contribution in [1.82, 2.24) is 9.88 Å². The van der Waals surface area contributed by atoms with E-state index in [9.17, 15) is 4.79 Å². The number of nitrogens with zero attached hydrogens (tertiary/aromatic N) is 3. The number of nitriles is 1. The Morgan fingerprint density at radius 3 is 2.46 bits per heavy atom. The molecule has 1 aromatic heterocycles. The fraction of sp³-hybridized carbons (Fsp3) is 0.318. The standard InChI is InChI=1S/C22H21N3O2S/c1-14-3-4-15(2)20-19(14)24-22(28-20)27-18-9-11-25(12-10-18)21(26)17-7-5-16(13-23)6-8-17/h3-8,18H,9-12H2,1-2H3. The van der Waals surface area contributed by atoms with Gasteiger partial charge in [-0.25, -0.2) is 4.98 Å². The Kier molecular flexibility index (Phi) is 5.01. The average Bonchev–Trinajstić information content (AvgIpc) is 3.16. The number of aryl methyl sites for hydroxylation is 2. The van der Waals surface area contributed by atoms with Crippen LogP contribution in [-0.2, 0) is 0 Å². The lowest BCUT2D eigenvalue weighted by atomic mass is 10.1. The maximum Gasteiger partial charge on any atom is 0.274 e. The van der Waals surface area contributed by atoms with Crippen LogP contribution in [0, 0.1) is 25.2 Å². The van der Waals surface area contributed by atoms with Crippen LogP contribution in [0.2, 0.25) is 0 Å². The van der Waals surface area contributed by atoms with Gasteiger partial charge in [-0.2, -0.15) is 5.26 Å². The highest BCUT2D eigenvalue weighted by molar-refractivity contribution is 7.20. The Balaban J connectivity index is 1.39. The third kappa shape index (κ3) is 3.58. The van der Waals surface area contributed by atoms with Crippen molar-refractivity contribution in [3.63, 3.8) is 0 Å². The molecule has 1 fully saturated rings. The van der Waals surface area contributed by atoms with E-state index in [1.807, 2.05) is 4.90 Å². The van der Waals surface area contributed by atoms with Crippen molar-refractivity contribution in [3.8, 4) is 11.3 Å². The molecule has 1 saturated heterocycles. The van der Waals surface area contributed by atoms with Crippen LogP contribution in [0.3, 0.4) is 0 Å². The van der Waals surface area contributed by atoms with Crippen LogP contribution < -0.4 is 4.74 Å². The number of carbonyl (C=O) groups excluding carboxylic acids is 1. The summed E-state index contributed by atoms with van der Waals surface area (Å²) in [5.74, 6) is 0.00850. The highest BCUT2D eigenvalue weighted by atomic mass is 32.1. The number of hydrogen-bond acceptors (Lipinski definition) is 5. The van der Waals surface area contributed by atoms with Gasteiger partial charge >= 0.3 is 0 Å². The van der Waals surface area contributed by atoms with Crippen molar-refractivity contribution in [3.05, 3.63) is 58.7 Å². The van der Waals surface area contributed by atoms with E-state index in [0.717, 1.165) is 23.9 Å². The number of carbonyl (C=O) groups is 1. The van der Waals surface area contributed by atoms with E-state index in [2.05, 4.69) is 37.0 Å². The summed E-state index contributed by atoms with van der Waals surface area (Å²) in [6.45, 7) is 5.48. The summed E-state index contributed by atoms with van der Waals surface area (Å²) in [7, 11) is 0. The second-order valence-corrected chi connectivity index (χ2v) is 8.12. The quantitative estimate of drug-likeness (QED) is 0.661. The SMILES string of the molecule is Cc1ccc(C)c2sc(OC3CCN(C(=O)c4ccc(C#N)cc4)CC3)nc12. The van der Waals surface area contributed by atoms with Crippen LogP contribution in [0.15, 0.2) is 36.4 Å². The van der Waals surface area contributed by atoms with Gasteiger partial charge in [-0.3, -0.25) is 4.79 Å². The minimum Gasteiger partial charge on any atom is -0.467 e. The molecule has 1 aliphatic rings. The lowest BCUT2D eigenvalue weighted by Gasteiger charge is -2.31. The summed E-state index contributed by atoms with van der Waals surface area (Å²) in [4.78, 5) is 19.2. The Morgan fingerprint density at radius 1 is 1.14 bits per heavy atom. The smallest absolute Gasteiger partial charge is 0.274 e. The van der Waals surface area contributed by atoms with Crippen molar-refractivity contribution in [1.29, 1.82) is 5.26 Å². The van der Waals surface area contributed by atoms with Crippen LogP contribution in [0.1, 0.15) is 39.9 Å². The van der Waals surface area contributed by atoms with Crippen molar-refractivity contribution in [2.45, 2.75) is 32.8 Å². The van der Waals surface area contributed by atoms with Gasteiger partial charge in [0.05, 0.1) is 21.8 Å². The van der Waals surface area contributed by atoms with Gasteiger partial charge in [0.1, 0.15) is 6.10 Å². The van der Waals surface area contributed by atoms with Gasteiger partial charge in [0, 0.05) is 31.5 Å². The topological polar surface area (TPSA) is 66.2 Å². The van der Waals surface area contributed by atoms with Gasteiger partial charge in [-0.05, 0) is 49.2 Å². The van der Waals surface area contributed by atoms with E-state index < -0.39 is 0 Å². The van der Waals surface area contributed by atoms with Crippen LogP contribution in [0.25, 0.3) is 10.2 Å². The van der Waals surface area contributed by atoms with Crippen LogP contribution in [0.5, 0.6) is 5.19 Å². The third-order valence-electron chi connectivity index (χ3n) is 5.18. The van der Waals surface area contributed by atoms with E-state index >= 15 is 0 Å². The maximum atomic E-state index is 12.6. The number of ether oxygens (including phenoxy) is 1. The second-order valence-electron chi connectivity index (χ2n) is 7.16. The second kappa shape index (κ2) is 7.61. The number of aromatic nitrogens is 1. The molecule has 1 amide bonds. The molecule has 0 aliphatic carbocycles. The Morgan fingerprint density at radius 2 is 1.82 bits per heavy atom. The molecule has 28 heavy (non-hydrogen) atoms. The maximum absolute atomic E-state index is 12.6. The van der Waals surface area contributed by atoms with Crippen LogP contribution in [-0.4, -0.2) is 35.0 Å². The molecule has 2 heterocycles. The monoisotopic (exact) mass is 391 g/mol. The van der Waals surface area contributed by atoms with Gasteiger partial charge in [-0.1, -0.05) is 23.5 Å². The summed E-state index contributed by atoms with van der Waals surface area (Å²) < 4.78 is 7.33. The first-order chi connectivity index (χ1) is 13.5. The normalized spacial score (nSPS) is 14.8. The Labute approximate surface area is 168 Å². The molecule has 0 N–H and O–H groups in total. The zero-order chi connectivity index (χ0) is 19.7. The van der Waals surface area contributed by atoms with E-state index in [1.54, 1.807) is 35.6 Å². The summed E-state index contributed by atoms with van der Waals surface area (Å²) in [5.41, 5.74) is 4.58. The van der Waals surface area contributed by atoms with Crippen LogP contribution in [0.4, 0.5) is 0 Å². The molecule has 0 saturated carbocycles. The third-order valence-corrected chi connectivity index (χ3v) is 6.26. The molecule has 1 aliphatic heterocycles. The lowest BCUT2D eigenvalue weighted by molar-refractivity contribution is 0.0595. The van der Waals surface area contributed by atoms with Crippen molar-refractivity contribution >= 4 is 27.5 Å². The summed E-state index contributed by atoms with van der Waals surface area (Å²) in [6, 6.07) is 13.1. The highest BCUT2D eigenvalue weighted by Gasteiger charge is 2.25. The van der Waals surface area contributed by atoms with E-state index in [-0.39, 0.29) is 12.0 Å². The number of piperidine rings is 1. The predicted molar refractivity (Wildman–Crippen MR) is 110 cm³/mol. The summed E-state index contributed by atoms with van der Waals surface area (Å²) >= 11 is 1.60. The number of amides is 1. The summed E-state index contributed by atoms with van der Waals surface area (Å²) in [5, 5.41) is 9.59. The Hall–Kier alpha value is -2.91. The molecule has 5 nitrogen and oxygen atoms in total. The molecule has 6 heteroatoms. The molecule has 2 aromatic carbocycles. The van der Waals surface area contributed by atoms with Crippen molar-refractivity contribution in [2.75, 3.05) is 13.1 Å². The molecular formula is C22H21N3O2S. The lowest BCUT2D eigenvalue weighted by Crippen LogP contribution is -2.41. The average molecular weight is 391 g/mol. The molecule has 142 valence electrons. The first-order valence-corrected chi connectivity index (χ1v) is 10.2. The number of thiazole rings is 1. The summed E-state index contributed by atoms with van der Waals surface area (Å²) in [6.07, 6.45) is 1.65. The molecule has 0 unspecified atom stereocenters. The molecule has 4 rings (SSSR count). The Bertz CT molecular complexity index is 1020. The first-order valence-electron chi connectivity index (χ1n) is 9.38. The molecule has 0 spiro atoms. The molecule has 0 bridgehead atoms. The zero-order valence-corrected chi connectivity index (χ0v) is 16.8. The van der Waals surface area contributed by atoms with Gasteiger partial charge < -0.3 is 9.64 Å². The van der Waals surface area contributed by atoms with E-state index in [4.69, 9.17) is 10.00 Å². The molecule has 0 atom stereocenters. The molecule has 3 aromatic rings. The number of likely N-dealkylation sites (tertiary alicyclic amines) is 1. The van der Waals surface area contributed by atoms with Gasteiger partial charge in [-0.15, -0.1) is 0 Å². The van der Waals surface area contributed by atoms with Gasteiger partial charge in [0.25, 0.3) is 11.1 Å². The van der Waals surface area contributed by atoms with E-state index in [1.165, 1.54) is 10.3 Å². The number of hydrogen-bond donors (Lipinski definition) is 0. The molecule has 0 radical (unpaired) electrons. The zero-order valence-electron chi connectivity index (χ0n) is 15.9. The fourth-order valence-electron chi connectivity index (χ4n) is 3.48. The van der Waals surface area contributed by atoms with Gasteiger partial charge in [0.15, 0.2) is 0 Å². The molecular weight excluding hydrogens is 370 g/mol. The van der Waals surface area contributed by atoms with Crippen LogP contribution >= 0.6 is 11.3 Å². The van der Waals surface area contributed by atoms with Crippen molar-refractivity contribution in [2.24, 2.45) is 0 Å². The number of rotatable bonds is 3. The minimum absolute atomic E-state index is 0.00850. The fourth-order valence-corrected chi connectivity index (χ4v) is 4.51. The number of benzene rings is 2. The first kappa shape index (κ1) is 18.5. The van der Waals surface area contributed by atoms with Gasteiger partial charge in [0.2, 0.25) is 0 Å². The highest BCUT2D eigenvalue weighted by Crippen LogP contribution is 2.33. The van der Waals surface area contributed by atoms with Crippen molar-refractivity contribution < 1.29 is 9.53 Å². The predicted octanol–water partition coefficient (Wildman–Crippen LogP) is 4.47.